The molecule has 3 atom stereocenters. The molecule has 3 fully saturated rings. The Hall–Kier alpha value is -2.89. The fraction of sp³-hybridized carbons (Fsp3) is 0.548. The number of hydrogen-bond acceptors (Lipinski definition) is 5. The number of carbonyl (C=O) groups excluding carboxylic acids is 1. The summed E-state index contributed by atoms with van der Waals surface area (Å²) >= 11 is 6.21. The minimum atomic E-state index is -4.52. The monoisotopic (exact) mass is 623 g/mol. The fourth-order valence-corrected chi connectivity index (χ4v) is 7.43. The number of carboxylic acid groups (broad SMARTS) is 1. The van der Waals surface area contributed by atoms with Gasteiger partial charge >= 0.3 is 12.1 Å². The van der Waals surface area contributed by atoms with Gasteiger partial charge in [-0.25, -0.2) is 9.18 Å². The second kappa shape index (κ2) is 11.2. The average molecular weight is 624 g/mol. The highest BCUT2D eigenvalue weighted by Gasteiger charge is 2.56. The molecule has 2 saturated heterocycles. The summed E-state index contributed by atoms with van der Waals surface area (Å²) in [5, 5.41) is 9.40. The van der Waals surface area contributed by atoms with Crippen LogP contribution in [0.2, 0.25) is 5.02 Å². The van der Waals surface area contributed by atoms with E-state index in [2.05, 4.69) is 9.80 Å². The summed E-state index contributed by atoms with van der Waals surface area (Å²) in [4.78, 5) is 31.5. The van der Waals surface area contributed by atoms with Crippen molar-refractivity contribution in [2.75, 3.05) is 37.7 Å². The molecule has 3 aliphatic heterocycles. The predicted octanol–water partition coefficient (Wildman–Crippen LogP) is 5.62. The number of piperazine rings is 1. The smallest absolute Gasteiger partial charge is 0.416 e. The lowest BCUT2D eigenvalue weighted by Crippen LogP contribution is -2.61. The molecule has 12 heteroatoms. The lowest BCUT2D eigenvalue weighted by atomic mass is 9.84. The number of carbonyl (C=O) groups is 2. The van der Waals surface area contributed by atoms with Crippen molar-refractivity contribution in [1.29, 1.82) is 0 Å². The van der Waals surface area contributed by atoms with Crippen LogP contribution < -0.4 is 4.90 Å². The SMILES string of the molecule is CC1CN(C2CC[C@@](C(=O)N3CCc4c(Cl)cc(C(F)(F)F)cc4C3)(C3CC3)OC2)CCN1c1ccc(F)c(C(=O)O)c1. The average Bonchev–Trinajstić information content (AvgIpc) is 3.82. The first-order valence-corrected chi connectivity index (χ1v) is 15.1. The summed E-state index contributed by atoms with van der Waals surface area (Å²) in [6.45, 7) is 4.91. The second-order valence-electron chi connectivity index (χ2n) is 12.2. The molecule has 0 radical (unpaired) electrons. The molecule has 43 heavy (non-hydrogen) atoms. The van der Waals surface area contributed by atoms with Crippen molar-refractivity contribution in [3.63, 3.8) is 0 Å². The van der Waals surface area contributed by atoms with Crippen molar-refractivity contribution < 1.29 is 37.0 Å². The number of anilines is 1. The molecule has 3 heterocycles. The summed E-state index contributed by atoms with van der Waals surface area (Å²) in [7, 11) is 0. The number of fused-ring (bicyclic) bond motifs is 1. The molecule has 232 valence electrons. The van der Waals surface area contributed by atoms with E-state index in [1.807, 2.05) is 6.92 Å². The summed E-state index contributed by atoms with van der Waals surface area (Å²) in [5.74, 6) is -2.11. The van der Waals surface area contributed by atoms with Gasteiger partial charge in [-0.1, -0.05) is 11.6 Å². The molecule has 1 amide bonds. The van der Waals surface area contributed by atoms with Gasteiger partial charge in [-0.05, 0) is 86.4 Å². The van der Waals surface area contributed by atoms with Crippen LogP contribution in [0.1, 0.15) is 59.7 Å². The van der Waals surface area contributed by atoms with Gasteiger partial charge in [0.1, 0.15) is 11.4 Å². The van der Waals surface area contributed by atoms with Crippen molar-refractivity contribution in [1.82, 2.24) is 9.80 Å². The van der Waals surface area contributed by atoms with Crippen molar-refractivity contribution in [2.45, 2.75) is 69.4 Å². The minimum Gasteiger partial charge on any atom is -0.478 e. The predicted molar refractivity (Wildman–Crippen MR) is 152 cm³/mol. The Kier molecular flexibility index (Phi) is 7.88. The van der Waals surface area contributed by atoms with Gasteiger partial charge in [-0.2, -0.15) is 13.2 Å². The molecule has 0 bridgehead atoms. The second-order valence-corrected chi connectivity index (χ2v) is 12.7. The molecule has 6 rings (SSSR count). The van der Waals surface area contributed by atoms with E-state index >= 15 is 0 Å². The van der Waals surface area contributed by atoms with Gasteiger partial charge in [0.25, 0.3) is 5.91 Å². The maximum Gasteiger partial charge on any atom is 0.416 e. The van der Waals surface area contributed by atoms with E-state index in [4.69, 9.17) is 16.3 Å². The Morgan fingerprint density at radius 3 is 2.49 bits per heavy atom. The van der Waals surface area contributed by atoms with E-state index in [0.717, 1.165) is 31.4 Å². The van der Waals surface area contributed by atoms with Crippen LogP contribution >= 0.6 is 11.6 Å². The van der Waals surface area contributed by atoms with Crippen LogP contribution in [0, 0.1) is 11.7 Å². The van der Waals surface area contributed by atoms with Gasteiger partial charge in [0.2, 0.25) is 0 Å². The fourth-order valence-electron chi connectivity index (χ4n) is 7.09. The highest BCUT2D eigenvalue weighted by Crippen LogP contribution is 2.49. The molecule has 0 spiro atoms. The zero-order chi connectivity index (χ0) is 30.7. The summed E-state index contributed by atoms with van der Waals surface area (Å²) in [6, 6.07) is 6.37. The van der Waals surface area contributed by atoms with Gasteiger partial charge in [-0.3, -0.25) is 9.69 Å². The Bertz CT molecular complexity index is 1420. The number of carboxylic acids is 1. The van der Waals surface area contributed by atoms with E-state index < -0.39 is 29.1 Å². The van der Waals surface area contributed by atoms with Gasteiger partial charge in [0, 0.05) is 55.5 Å². The number of nitrogens with zero attached hydrogens (tertiary/aromatic N) is 3. The van der Waals surface area contributed by atoms with Crippen molar-refractivity contribution in [2.24, 2.45) is 5.92 Å². The first-order valence-electron chi connectivity index (χ1n) is 14.7. The third-order valence-electron chi connectivity index (χ3n) is 9.56. The van der Waals surface area contributed by atoms with Crippen LogP contribution in [0.4, 0.5) is 23.2 Å². The third kappa shape index (κ3) is 5.71. The topological polar surface area (TPSA) is 73.3 Å². The highest BCUT2D eigenvalue weighted by molar-refractivity contribution is 6.31. The van der Waals surface area contributed by atoms with Crippen molar-refractivity contribution >= 4 is 29.2 Å². The number of benzene rings is 2. The van der Waals surface area contributed by atoms with E-state index in [1.54, 1.807) is 11.0 Å². The van der Waals surface area contributed by atoms with E-state index in [-0.39, 0.29) is 41.0 Å². The molecule has 1 N–H and O–H groups in total. The molecule has 4 aliphatic rings. The highest BCUT2D eigenvalue weighted by atomic mass is 35.5. The molecular weight excluding hydrogens is 590 g/mol. The van der Waals surface area contributed by atoms with Crippen LogP contribution in [0.3, 0.4) is 0 Å². The Labute approximate surface area is 252 Å². The standard InChI is InChI=1S/C31H34ClF4N3O4/c1-18-15-37(10-11-39(18)22-4-5-27(33)25(14-22)28(40)41)23-6-8-30(43-17-23,20-2-3-20)29(42)38-9-7-24-19(16-38)12-21(13-26(24)32)31(34,35)36/h4-5,12-14,18,20,23H,2-3,6-11,15-17H2,1H3,(H,40,41)/t18?,23?,30-/m0/s1. The molecule has 0 aromatic heterocycles. The van der Waals surface area contributed by atoms with Gasteiger partial charge in [-0.15, -0.1) is 0 Å². The normalized spacial score (nSPS) is 26.7. The lowest BCUT2D eigenvalue weighted by molar-refractivity contribution is -0.176. The van der Waals surface area contributed by atoms with Crippen molar-refractivity contribution in [3.8, 4) is 0 Å². The number of aromatic carboxylic acids is 1. The van der Waals surface area contributed by atoms with Crippen LogP contribution in [0.5, 0.6) is 0 Å². The molecule has 1 aliphatic carbocycles. The number of hydrogen-bond donors (Lipinski definition) is 1. The third-order valence-corrected chi connectivity index (χ3v) is 9.90. The van der Waals surface area contributed by atoms with Crippen LogP contribution in [0.15, 0.2) is 30.3 Å². The number of ether oxygens (including phenoxy) is 1. The van der Waals surface area contributed by atoms with Crippen LogP contribution in [-0.4, -0.2) is 77.3 Å². The number of halogens is 5. The zero-order valence-corrected chi connectivity index (χ0v) is 24.6. The lowest BCUT2D eigenvalue weighted by Gasteiger charge is -2.49. The largest absolute Gasteiger partial charge is 0.478 e. The quantitative estimate of drug-likeness (QED) is 0.436. The van der Waals surface area contributed by atoms with Crippen LogP contribution in [0.25, 0.3) is 0 Å². The first-order chi connectivity index (χ1) is 20.4. The molecular formula is C31H34ClF4N3O4. The Morgan fingerprint density at radius 2 is 1.86 bits per heavy atom. The molecule has 1 saturated carbocycles. The number of alkyl halides is 3. The van der Waals surface area contributed by atoms with Gasteiger partial charge in [0.15, 0.2) is 0 Å². The van der Waals surface area contributed by atoms with Gasteiger partial charge < -0.3 is 19.6 Å². The van der Waals surface area contributed by atoms with Gasteiger partial charge in [0.05, 0.1) is 17.7 Å². The molecule has 7 nitrogen and oxygen atoms in total. The number of rotatable bonds is 5. The molecule has 2 aromatic carbocycles. The number of amides is 1. The minimum absolute atomic E-state index is 0.0411. The maximum absolute atomic E-state index is 14.0. The zero-order valence-electron chi connectivity index (χ0n) is 23.8. The van der Waals surface area contributed by atoms with E-state index in [1.165, 1.54) is 12.1 Å². The van der Waals surface area contributed by atoms with Crippen molar-refractivity contribution in [3.05, 3.63) is 63.4 Å². The van der Waals surface area contributed by atoms with Crippen LogP contribution in [-0.2, 0) is 28.7 Å². The first kappa shape index (κ1) is 30.1. The molecule has 2 unspecified atom stereocenters. The van der Waals surface area contributed by atoms with E-state index in [0.29, 0.717) is 62.4 Å². The summed E-state index contributed by atoms with van der Waals surface area (Å²) in [6.07, 6.45) is -1.06. The summed E-state index contributed by atoms with van der Waals surface area (Å²) in [5.41, 5.74) is -0.366. The summed E-state index contributed by atoms with van der Waals surface area (Å²) < 4.78 is 60.8. The maximum atomic E-state index is 14.0. The molecule has 2 aromatic rings. The van der Waals surface area contributed by atoms with E-state index in [9.17, 15) is 32.3 Å². The Balaban J connectivity index is 1.11. The Morgan fingerprint density at radius 1 is 1.09 bits per heavy atom.